The van der Waals surface area contributed by atoms with E-state index in [0.717, 1.165) is 71.8 Å². The second kappa shape index (κ2) is 14.0. The average Bonchev–Trinajstić information content (AvgIpc) is 2.99. The van der Waals surface area contributed by atoms with Crippen LogP contribution in [-0.2, 0) is 6.54 Å². The average molecular weight is 519 g/mol. The number of hydrogen-bond donors (Lipinski definition) is 2. The fourth-order valence-corrected chi connectivity index (χ4v) is 4.81. The Morgan fingerprint density at radius 2 is 1.77 bits per heavy atom. The highest BCUT2D eigenvalue weighted by molar-refractivity contribution is 6.03. The van der Waals surface area contributed by atoms with Crippen LogP contribution < -0.4 is 5.32 Å². The highest BCUT2D eigenvalue weighted by Gasteiger charge is 2.25. The first-order chi connectivity index (χ1) is 19.0. The van der Waals surface area contributed by atoms with E-state index in [1.54, 1.807) is 19.5 Å². The first-order valence-electron chi connectivity index (χ1n) is 13.5. The molecule has 39 heavy (non-hydrogen) atoms. The summed E-state index contributed by atoms with van der Waals surface area (Å²) in [6, 6.07) is 22.6. The summed E-state index contributed by atoms with van der Waals surface area (Å²) < 4.78 is 0. The van der Waals surface area contributed by atoms with E-state index in [1.165, 1.54) is 0 Å². The highest BCUT2D eigenvalue weighted by Crippen LogP contribution is 2.27. The van der Waals surface area contributed by atoms with Gasteiger partial charge in [0, 0.05) is 73.9 Å². The van der Waals surface area contributed by atoms with E-state index in [0.29, 0.717) is 11.8 Å². The zero-order chi connectivity index (χ0) is 27.5. The van der Waals surface area contributed by atoms with Gasteiger partial charge in [-0.2, -0.15) is 0 Å². The summed E-state index contributed by atoms with van der Waals surface area (Å²) in [5, 5.41) is 12.6. The van der Waals surface area contributed by atoms with Gasteiger partial charge in [0.05, 0.1) is 0 Å². The Morgan fingerprint density at radius 3 is 2.49 bits per heavy atom. The molecule has 200 valence electrons. The standard InChI is InChI=1S/C33H38N6/c1-25(15-19-35-3)38-32(22-26(2)37-24-27-10-9-18-36-23-27)29-16-20-39(21-17-29)33(34)31-14-8-7-13-30(31)28-11-5-4-6-12-28/h4-15,18-19,22-23,29,34,37H,16-17,20-21,24H2,1-3H3. The van der Waals surface area contributed by atoms with Gasteiger partial charge in [0.15, 0.2) is 0 Å². The van der Waals surface area contributed by atoms with Crippen molar-refractivity contribution < 1.29 is 0 Å². The van der Waals surface area contributed by atoms with Gasteiger partial charge in [-0.15, -0.1) is 0 Å². The number of aliphatic imine (C=N–C) groups is 2. The number of amidine groups is 1. The molecule has 0 unspecified atom stereocenters. The number of hydrogen-bond acceptors (Lipinski definition) is 5. The molecule has 0 amide bonds. The SMILES string of the molecule is CN=CC=C(C)N=C(C=C(C)NCc1cccnc1)C1CCN(C(=N)c2ccccc2-c2ccccc2)CC1. The Balaban J connectivity index is 1.48. The molecule has 0 bridgehead atoms. The van der Waals surface area contributed by atoms with Crippen LogP contribution in [-0.4, -0.2) is 47.8 Å². The molecule has 6 nitrogen and oxygen atoms in total. The molecule has 6 heteroatoms. The molecular formula is C33H38N6. The van der Waals surface area contributed by atoms with Crippen molar-refractivity contribution >= 4 is 17.8 Å². The van der Waals surface area contributed by atoms with Crippen LogP contribution in [0.25, 0.3) is 11.1 Å². The number of allylic oxidation sites excluding steroid dienone is 4. The molecule has 1 aliphatic rings. The minimum Gasteiger partial charge on any atom is -0.384 e. The van der Waals surface area contributed by atoms with Gasteiger partial charge >= 0.3 is 0 Å². The van der Waals surface area contributed by atoms with E-state index in [1.807, 2.05) is 55.6 Å². The van der Waals surface area contributed by atoms with Crippen molar-refractivity contribution in [3.8, 4) is 11.1 Å². The van der Waals surface area contributed by atoms with E-state index in [2.05, 4.69) is 63.5 Å². The van der Waals surface area contributed by atoms with E-state index in [9.17, 15) is 0 Å². The lowest BCUT2D eigenvalue weighted by Gasteiger charge is -2.34. The number of benzene rings is 2. The third-order valence-electron chi connectivity index (χ3n) is 6.93. The second-order valence-electron chi connectivity index (χ2n) is 9.82. The van der Waals surface area contributed by atoms with Crippen LogP contribution in [0.3, 0.4) is 0 Å². The molecule has 0 spiro atoms. The fraction of sp³-hybridized carbons (Fsp3) is 0.273. The minimum absolute atomic E-state index is 0.315. The molecule has 2 aromatic carbocycles. The minimum atomic E-state index is 0.315. The quantitative estimate of drug-likeness (QED) is 0.250. The van der Waals surface area contributed by atoms with Crippen LogP contribution in [0.2, 0.25) is 0 Å². The smallest absolute Gasteiger partial charge is 0.128 e. The fourth-order valence-electron chi connectivity index (χ4n) is 4.81. The molecule has 0 aliphatic carbocycles. The van der Waals surface area contributed by atoms with Gasteiger partial charge in [0.25, 0.3) is 0 Å². The largest absolute Gasteiger partial charge is 0.384 e. The van der Waals surface area contributed by atoms with Crippen molar-refractivity contribution in [1.29, 1.82) is 5.41 Å². The maximum atomic E-state index is 9.07. The normalized spacial score (nSPS) is 15.6. The van der Waals surface area contributed by atoms with Crippen molar-refractivity contribution in [2.75, 3.05) is 20.1 Å². The molecule has 0 radical (unpaired) electrons. The lowest BCUT2D eigenvalue weighted by Crippen LogP contribution is -2.40. The molecule has 2 heterocycles. The lowest BCUT2D eigenvalue weighted by molar-refractivity contribution is 0.309. The molecular weight excluding hydrogens is 480 g/mol. The zero-order valence-electron chi connectivity index (χ0n) is 23.1. The number of aromatic nitrogens is 1. The Hall–Kier alpha value is -4.32. The molecule has 1 aliphatic heterocycles. The number of piperidine rings is 1. The van der Waals surface area contributed by atoms with Crippen LogP contribution in [0.4, 0.5) is 0 Å². The molecule has 0 atom stereocenters. The highest BCUT2D eigenvalue weighted by atomic mass is 15.2. The van der Waals surface area contributed by atoms with Gasteiger partial charge in [-0.1, -0.05) is 60.7 Å². The lowest BCUT2D eigenvalue weighted by atomic mass is 9.90. The van der Waals surface area contributed by atoms with Crippen molar-refractivity contribution in [3.63, 3.8) is 0 Å². The van der Waals surface area contributed by atoms with E-state index < -0.39 is 0 Å². The predicted octanol–water partition coefficient (Wildman–Crippen LogP) is 6.52. The Bertz CT molecular complexity index is 1350. The summed E-state index contributed by atoms with van der Waals surface area (Å²) >= 11 is 0. The Labute approximate surface area is 232 Å². The van der Waals surface area contributed by atoms with Gasteiger partial charge in [0.1, 0.15) is 5.84 Å². The molecule has 1 fully saturated rings. The predicted molar refractivity (Wildman–Crippen MR) is 163 cm³/mol. The Kier molecular flexibility index (Phi) is 9.95. The van der Waals surface area contributed by atoms with Gasteiger partial charge in [-0.25, -0.2) is 0 Å². The zero-order valence-corrected chi connectivity index (χ0v) is 23.1. The summed E-state index contributed by atoms with van der Waals surface area (Å²) in [5.74, 6) is 0.905. The monoisotopic (exact) mass is 518 g/mol. The van der Waals surface area contributed by atoms with Crippen molar-refractivity contribution in [3.05, 3.63) is 114 Å². The van der Waals surface area contributed by atoms with Gasteiger partial charge < -0.3 is 10.2 Å². The summed E-state index contributed by atoms with van der Waals surface area (Å²) in [6.07, 6.45) is 11.4. The van der Waals surface area contributed by atoms with Crippen LogP contribution in [0, 0.1) is 11.3 Å². The molecule has 1 saturated heterocycles. The summed E-state index contributed by atoms with van der Waals surface area (Å²) in [4.78, 5) is 15.5. The summed E-state index contributed by atoms with van der Waals surface area (Å²) in [6.45, 7) is 6.46. The second-order valence-corrected chi connectivity index (χ2v) is 9.82. The van der Waals surface area contributed by atoms with Crippen LogP contribution in [0.5, 0.6) is 0 Å². The van der Waals surface area contributed by atoms with Crippen LogP contribution in [0.1, 0.15) is 37.8 Å². The van der Waals surface area contributed by atoms with Gasteiger partial charge in [-0.05, 0) is 61.6 Å². The van der Waals surface area contributed by atoms with Crippen LogP contribution >= 0.6 is 0 Å². The van der Waals surface area contributed by atoms with Gasteiger partial charge in [0.2, 0.25) is 0 Å². The van der Waals surface area contributed by atoms with Gasteiger partial charge in [-0.3, -0.25) is 20.4 Å². The first-order valence-corrected chi connectivity index (χ1v) is 13.5. The van der Waals surface area contributed by atoms with E-state index in [-0.39, 0.29) is 0 Å². The summed E-state index contributed by atoms with van der Waals surface area (Å²) in [5.41, 5.74) is 7.43. The maximum Gasteiger partial charge on any atom is 0.128 e. The number of nitrogens with zero attached hydrogens (tertiary/aromatic N) is 4. The van der Waals surface area contributed by atoms with Crippen molar-refractivity contribution in [1.82, 2.24) is 15.2 Å². The topological polar surface area (TPSA) is 76.7 Å². The van der Waals surface area contributed by atoms with Crippen LogP contribution in [0.15, 0.2) is 113 Å². The van der Waals surface area contributed by atoms with Crippen molar-refractivity contribution in [2.24, 2.45) is 15.9 Å². The third-order valence-corrected chi connectivity index (χ3v) is 6.93. The molecule has 4 rings (SSSR count). The first kappa shape index (κ1) is 27.7. The Morgan fingerprint density at radius 1 is 1.03 bits per heavy atom. The maximum absolute atomic E-state index is 9.07. The molecule has 1 aromatic heterocycles. The molecule has 3 aromatic rings. The number of likely N-dealkylation sites (tertiary alicyclic amines) is 1. The van der Waals surface area contributed by atoms with E-state index in [4.69, 9.17) is 10.4 Å². The third kappa shape index (κ3) is 7.84. The summed E-state index contributed by atoms with van der Waals surface area (Å²) in [7, 11) is 1.77. The molecule has 0 saturated carbocycles. The number of rotatable bonds is 9. The number of pyridine rings is 1. The molecule has 2 N–H and O–H groups in total. The number of nitrogens with one attached hydrogen (secondary N) is 2. The van der Waals surface area contributed by atoms with E-state index >= 15 is 0 Å². The van der Waals surface area contributed by atoms with Crippen molar-refractivity contribution in [2.45, 2.75) is 33.2 Å².